The van der Waals surface area contributed by atoms with Crippen molar-refractivity contribution in [1.29, 1.82) is 0 Å². The van der Waals surface area contributed by atoms with E-state index in [4.69, 9.17) is 0 Å². The van der Waals surface area contributed by atoms with Gasteiger partial charge in [-0.3, -0.25) is 0 Å². The largest absolute Gasteiger partial charge is 0.207 e. The Balaban J connectivity index is 0.000000182. The van der Waals surface area contributed by atoms with Crippen molar-refractivity contribution in [3.05, 3.63) is 211 Å². The fourth-order valence-corrected chi connectivity index (χ4v) is 9.05. The van der Waals surface area contributed by atoms with E-state index in [2.05, 4.69) is 91.0 Å². The van der Waals surface area contributed by atoms with Crippen molar-refractivity contribution in [2.24, 2.45) is 0 Å². The molecule has 7 aromatic carbocycles. The van der Waals surface area contributed by atoms with Crippen molar-refractivity contribution in [3.8, 4) is 0 Å². The maximum atomic E-state index is 13.7. The van der Waals surface area contributed by atoms with E-state index in [-0.39, 0.29) is 0 Å². The van der Waals surface area contributed by atoms with E-state index in [1.807, 2.05) is 0 Å². The third-order valence-electron chi connectivity index (χ3n) is 8.67. The number of halogens is 4. The van der Waals surface area contributed by atoms with E-state index < -0.39 is 37.3 Å². The zero-order valence-electron chi connectivity index (χ0n) is 26.0. The molecule has 0 N–H and O–H groups in total. The first-order valence-corrected chi connectivity index (χ1v) is 17.2. The van der Waals surface area contributed by atoms with Crippen molar-refractivity contribution >= 4 is 51.8 Å². The highest BCUT2D eigenvalue weighted by Gasteiger charge is 2.32. The van der Waals surface area contributed by atoms with Gasteiger partial charge in [-0.2, -0.15) is 21.9 Å². The van der Waals surface area contributed by atoms with Crippen LogP contribution in [0.15, 0.2) is 188 Å². The van der Waals surface area contributed by atoms with Crippen molar-refractivity contribution in [1.82, 2.24) is 0 Å². The van der Waals surface area contributed by atoms with Crippen molar-refractivity contribution in [3.63, 3.8) is 0 Å². The lowest BCUT2D eigenvalue weighted by atomic mass is 9.13. The number of hydrogen-bond acceptors (Lipinski definition) is 0. The molecule has 7 rings (SSSR count). The quantitative estimate of drug-likeness (QED) is 0.101. The minimum absolute atomic E-state index is 0.393. The minimum Gasteiger partial charge on any atom is -0.207 e. The molecule has 0 atom stereocenters. The molecule has 0 spiro atoms. The lowest BCUT2D eigenvalue weighted by molar-refractivity contribution is 0.628. The summed E-state index contributed by atoms with van der Waals surface area (Å²) in [7, 11) is -0.877. The van der Waals surface area contributed by atoms with Crippen LogP contribution in [0.25, 0.3) is 0 Å². The molecular weight excluding hydrogens is 622 g/mol. The molecule has 236 valence electrons. The maximum absolute atomic E-state index is 13.7. The lowest BCUT2D eigenvalue weighted by Gasteiger charge is -2.44. The van der Waals surface area contributed by atoms with E-state index in [0.717, 1.165) is 21.9 Å². The van der Waals surface area contributed by atoms with Gasteiger partial charge in [-0.05, 0) is 84.9 Å². The van der Waals surface area contributed by atoms with Gasteiger partial charge in [0.15, 0.2) is 0 Å². The summed E-state index contributed by atoms with van der Waals surface area (Å²) in [5.74, 6) is -1.57. The van der Waals surface area contributed by atoms with Gasteiger partial charge in [0.05, 0.1) is 7.92 Å². The van der Waals surface area contributed by atoms with Crippen LogP contribution in [0.4, 0.5) is 17.6 Å². The van der Waals surface area contributed by atoms with Gasteiger partial charge in [-0.1, -0.05) is 103 Å². The summed E-state index contributed by atoms with van der Waals surface area (Å²) >= 11 is 0. The van der Waals surface area contributed by atoms with Crippen molar-refractivity contribution in [2.45, 2.75) is 0 Å². The standard InChI is InChI=1S/C24H16BF4.C18H15P/c26-21-9-1-17(2-10-21)25(18-3-11-22(27)12-4-18,19-5-13-23(28)14-6-19)20-7-15-24(29)16-8-20;1-4-10-16(11-5-1)19(17-12-6-2-7-13-17)18-14-8-3-9-15-18/h1-16H;1-15H/q-1;/p+1. The SMILES string of the molecule is Fc1ccc([B-](c2ccc(F)cc2)(c2ccc(F)cc2)c2ccc(F)cc2)cc1.c1ccc([PH+](c2ccccc2)c2ccccc2)cc1. The van der Waals surface area contributed by atoms with Gasteiger partial charge in [-0.25, -0.2) is 17.6 Å². The Labute approximate surface area is 280 Å². The molecule has 0 aliphatic carbocycles. The van der Waals surface area contributed by atoms with E-state index in [9.17, 15) is 17.6 Å². The Kier molecular flexibility index (Phi) is 10.3. The molecule has 0 saturated carbocycles. The van der Waals surface area contributed by atoms with Crippen LogP contribution in [-0.2, 0) is 0 Å². The fourth-order valence-electron chi connectivity index (χ4n) is 6.47. The van der Waals surface area contributed by atoms with Gasteiger partial charge in [0, 0.05) is 0 Å². The number of hydrogen-bond donors (Lipinski definition) is 0. The van der Waals surface area contributed by atoms with E-state index >= 15 is 0 Å². The molecule has 0 aliphatic rings. The Hall–Kier alpha value is -5.25. The second kappa shape index (κ2) is 15.1. The number of rotatable bonds is 7. The molecule has 48 heavy (non-hydrogen) atoms. The van der Waals surface area contributed by atoms with E-state index in [1.165, 1.54) is 64.4 Å². The molecular formula is C42H32BF4P. The highest BCUT2D eigenvalue weighted by atomic mass is 31.1. The predicted molar refractivity (Wildman–Crippen MR) is 196 cm³/mol. The second-order valence-corrected chi connectivity index (χ2v) is 14.0. The topological polar surface area (TPSA) is 0 Å². The van der Waals surface area contributed by atoms with Crippen LogP contribution in [0.5, 0.6) is 0 Å². The molecule has 7 aromatic rings. The summed E-state index contributed by atoms with van der Waals surface area (Å²) in [6, 6.07) is 56.6. The first-order chi connectivity index (χ1) is 23.4. The third-order valence-corrected chi connectivity index (χ3v) is 11.4. The highest BCUT2D eigenvalue weighted by Crippen LogP contribution is 2.32. The summed E-state index contributed by atoms with van der Waals surface area (Å²) < 4.78 is 54.8. The second-order valence-electron chi connectivity index (χ2n) is 11.5. The molecule has 0 radical (unpaired) electrons. The van der Waals surface area contributed by atoms with E-state index in [0.29, 0.717) is 0 Å². The van der Waals surface area contributed by atoms with Crippen LogP contribution >= 0.6 is 7.92 Å². The first kappa shape index (κ1) is 32.7. The Bertz CT molecular complexity index is 1740. The molecule has 0 aromatic heterocycles. The van der Waals surface area contributed by atoms with Crippen LogP contribution in [0.2, 0.25) is 0 Å². The molecule has 0 amide bonds. The normalized spacial score (nSPS) is 11.1. The van der Waals surface area contributed by atoms with Crippen LogP contribution in [0.1, 0.15) is 0 Å². The Morgan fingerprint density at radius 2 is 0.479 bits per heavy atom. The van der Waals surface area contributed by atoms with Crippen molar-refractivity contribution < 1.29 is 17.6 Å². The maximum Gasteiger partial charge on any atom is 0.122 e. The zero-order chi connectivity index (χ0) is 33.3. The van der Waals surface area contributed by atoms with Gasteiger partial charge in [0.25, 0.3) is 0 Å². The Morgan fingerprint density at radius 3 is 0.688 bits per heavy atom. The van der Waals surface area contributed by atoms with Crippen LogP contribution < -0.4 is 37.8 Å². The summed E-state index contributed by atoms with van der Waals surface area (Å²) in [4.78, 5) is 0. The first-order valence-electron chi connectivity index (χ1n) is 15.7. The third kappa shape index (κ3) is 7.17. The van der Waals surface area contributed by atoms with Gasteiger partial charge in [0.2, 0.25) is 0 Å². The van der Waals surface area contributed by atoms with Gasteiger partial charge < -0.3 is 0 Å². The molecule has 0 heterocycles. The van der Waals surface area contributed by atoms with Crippen LogP contribution in [-0.4, -0.2) is 6.15 Å². The molecule has 0 aliphatic heterocycles. The van der Waals surface area contributed by atoms with Gasteiger partial charge in [0.1, 0.15) is 45.3 Å². The summed E-state index contributed by atoms with van der Waals surface area (Å²) in [6.07, 6.45) is -1.94. The fraction of sp³-hybridized carbons (Fsp3) is 0. The average molecular weight is 654 g/mol. The lowest BCUT2D eigenvalue weighted by Crippen LogP contribution is -2.74. The summed E-state index contributed by atoms with van der Waals surface area (Å²) in [5.41, 5.74) is 2.99. The molecule has 0 bridgehead atoms. The zero-order valence-corrected chi connectivity index (χ0v) is 27.0. The van der Waals surface area contributed by atoms with Gasteiger partial charge in [-0.15, -0.1) is 0 Å². The number of benzene rings is 7. The minimum atomic E-state index is -1.94. The molecule has 6 heteroatoms. The van der Waals surface area contributed by atoms with Crippen LogP contribution in [0, 0.1) is 23.3 Å². The smallest absolute Gasteiger partial charge is 0.122 e. The summed E-state index contributed by atoms with van der Waals surface area (Å²) in [5, 5.41) is 4.31. The predicted octanol–water partition coefficient (Wildman–Crippen LogP) is 6.80. The molecule has 0 nitrogen and oxygen atoms in total. The molecule has 0 saturated heterocycles. The van der Waals surface area contributed by atoms with E-state index in [1.54, 1.807) is 48.5 Å². The summed E-state index contributed by atoms with van der Waals surface area (Å²) in [6.45, 7) is 0. The monoisotopic (exact) mass is 654 g/mol. The van der Waals surface area contributed by atoms with Crippen LogP contribution in [0.3, 0.4) is 0 Å². The molecule has 0 unspecified atom stereocenters. The van der Waals surface area contributed by atoms with Gasteiger partial charge >= 0.3 is 0 Å². The average Bonchev–Trinajstić information content (AvgIpc) is 3.13. The Morgan fingerprint density at radius 1 is 0.271 bits per heavy atom. The highest BCUT2D eigenvalue weighted by molar-refractivity contribution is 7.79. The van der Waals surface area contributed by atoms with Crippen molar-refractivity contribution in [2.75, 3.05) is 0 Å². The molecule has 0 fully saturated rings.